The number of nitrogens with zero attached hydrogens (tertiary/aromatic N) is 1. The molecule has 0 saturated heterocycles. The highest BCUT2D eigenvalue weighted by atomic mass is 16.5. The molecule has 1 aliphatic carbocycles. The van der Waals surface area contributed by atoms with Gasteiger partial charge in [0.05, 0.1) is 0 Å². The van der Waals surface area contributed by atoms with Crippen LogP contribution < -0.4 is 5.32 Å². The number of hydrogen-bond donors (Lipinski definition) is 2. The molecule has 2 amide bonds. The van der Waals surface area contributed by atoms with E-state index < -0.39 is 18.1 Å². The fourth-order valence-electron chi connectivity index (χ4n) is 4.57. The third-order valence-corrected chi connectivity index (χ3v) is 6.78. The molecule has 188 valence electrons. The molecule has 2 aromatic rings. The zero-order valence-corrected chi connectivity index (χ0v) is 20.8. The van der Waals surface area contributed by atoms with Gasteiger partial charge in [-0.1, -0.05) is 68.8 Å². The fraction of sp³-hybridized carbons (Fsp3) is 0.464. The summed E-state index contributed by atoms with van der Waals surface area (Å²) in [6.45, 7) is 4.73. The van der Waals surface area contributed by atoms with Gasteiger partial charge in [-0.3, -0.25) is 9.59 Å². The monoisotopic (exact) mass is 480 g/mol. The van der Waals surface area contributed by atoms with E-state index >= 15 is 0 Å². The van der Waals surface area contributed by atoms with E-state index in [4.69, 9.17) is 9.84 Å². The largest absolute Gasteiger partial charge is 0.481 e. The summed E-state index contributed by atoms with van der Waals surface area (Å²) < 4.78 is 5.65. The Morgan fingerprint density at radius 2 is 1.63 bits per heavy atom. The maximum absolute atomic E-state index is 13.1. The summed E-state index contributed by atoms with van der Waals surface area (Å²) in [5.74, 6) is -0.827. The van der Waals surface area contributed by atoms with Gasteiger partial charge in [-0.15, -0.1) is 0 Å². The highest BCUT2D eigenvalue weighted by molar-refractivity contribution is 5.85. The van der Waals surface area contributed by atoms with Crippen molar-refractivity contribution in [2.45, 2.75) is 57.9 Å². The second-order valence-electron chi connectivity index (χ2n) is 9.38. The molecule has 2 aromatic carbocycles. The molecule has 2 N–H and O–H groups in total. The van der Waals surface area contributed by atoms with Crippen molar-refractivity contribution in [3.05, 3.63) is 59.7 Å². The number of aliphatic carboxylic acids is 1. The first-order chi connectivity index (χ1) is 16.8. The topological polar surface area (TPSA) is 95.9 Å². The first kappa shape index (κ1) is 26.3. The molecular formula is C28H36N2O5. The number of carbonyl (C=O) groups is 3. The van der Waals surface area contributed by atoms with Crippen LogP contribution in [0.1, 0.15) is 63.0 Å². The Balaban J connectivity index is 1.62. The molecule has 35 heavy (non-hydrogen) atoms. The Morgan fingerprint density at radius 1 is 1.03 bits per heavy atom. The Bertz CT molecular complexity index is 992. The van der Waals surface area contributed by atoms with E-state index in [0.29, 0.717) is 25.8 Å². The maximum atomic E-state index is 13.1. The van der Waals surface area contributed by atoms with Gasteiger partial charge in [0.1, 0.15) is 12.6 Å². The minimum Gasteiger partial charge on any atom is -0.481 e. The van der Waals surface area contributed by atoms with Crippen LogP contribution in [-0.4, -0.2) is 54.2 Å². The molecule has 7 heteroatoms. The number of amides is 2. The van der Waals surface area contributed by atoms with Crippen LogP contribution in [0.2, 0.25) is 0 Å². The lowest BCUT2D eigenvalue weighted by atomic mass is 9.98. The average Bonchev–Trinajstić information content (AvgIpc) is 3.17. The van der Waals surface area contributed by atoms with Gasteiger partial charge < -0.3 is 20.1 Å². The Kier molecular flexibility index (Phi) is 9.29. The van der Waals surface area contributed by atoms with Gasteiger partial charge in [0, 0.05) is 25.9 Å². The summed E-state index contributed by atoms with van der Waals surface area (Å²) in [7, 11) is 1.69. The highest BCUT2D eigenvalue weighted by Gasteiger charge is 2.30. The van der Waals surface area contributed by atoms with Crippen LogP contribution in [0.3, 0.4) is 0 Å². The normalized spacial score (nSPS) is 13.9. The summed E-state index contributed by atoms with van der Waals surface area (Å²) in [6.07, 6.45) is 1.97. The van der Waals surface area contributed by atoms with E-state index in [0.717, 1.165) is 28.7 Å². The van der Waals surface area contributed by atoms with Gasteiger partial charge >= 0.3 is 12.1 Å². The van der Waals surface area contributed by atoms with Crippen LogP contribution in [0, 0.1) is 5.92 Å². The number of carbonyl (C=O) groups excluding carboxylic acids is 2. The molecule has 3 rings (SSSR count). The molecule has 0 fully saturated rings. The van der Waals surface area contributed by atoms with Crippen LogP contribution >= 0.6 is 0 Å². The first-order valence-electron chi connectivity index (χ1n) is 12.4. The lowest BCUT2D eigenvalue weighted by Gasteiger charge is -2.26. The third kappa shape index (κ3) is 6.84. The highest BCUT2D eigenvalue weighted by Crippen LogP contribution is 2.44. The summed E-state index contributed by atoms with van der Waals surface area (Å²) in [6, 6.07) is 15.6. The quantitative estimate of drug-likeness (QED) is 0.415. The van der Waals surface area contributed by atoms with E-state index in [1.54, 1.807) is 11.9 Å². The average molecular weight is 481 g/mol. The predicted octanol–water partition coefficient (Wildman–Crippen LogP) is 5.04. The number of unbranched alkanes of at least 4 members (excludes halogenated alkanes) is 1. The van der Waals surface area contributed by atoms with Gasteiger partial charge in [-0.25, -0.2) is 4.79 Å². The van der Waals surface area contributed by atoms with Crippen molar-refractivity contribution in [1.29, 1.82) is 0 Å². The van der Waals surface area contributed by atoms with Crippen molar-refractivity contribution in [2.24, 2.45) is 5.92 Å². The molecular weight excluding hydrogens is 444 g/mol. The van der Waals surface area contributed by atoms with Crippen molar-refractivity contribution in [1.82, 2.24) is 10.2 Å². The molecule has 0 spiro atoms. The minimum absolute atomic E-state index is 0.0474. The molecule has 7 nitrogen and oxygen atoms in total. The number of benzene rings is 2. The molecule has 0 saturated carbocycles. The number of hydrogen-bond acceptors (Lipinski definition) is 4. The first-order valence-corrected chi connectivity index (χ1v) is 12.4. The van der Waals surface area contributed by atoms with E-state index in [1.807, 2.05) is 31.2 Å². The minimum atomic E-state index is -0.842. The maximum Gasteiger partial charge on any atom is 0.407 e. The Hall–Kier alpha value is -3.35. The van der Waals surface area contributed by atoms with E-state index in [-0.39, 0.29) is 30.8 Å². The number of rotatable bonds is 12. The van der Waals surface area contributed by atoms with E-state index in [2.05, 4.69) is 36.5 Å². The third-order valence-electron chi connectivity index (χ3n) is 6.78. The van der Waals surface area contributed by atoms with Gasteiger partial charge in [-0.2, -0.15) is 0 Å². The lowest BCUT2D eigenvalue weighted by Crippen LogP contribution is -2.48. The standard InChI is InChI=1S/C28H36N2O5/c1-4-19(2)17-25(27(33)30(3)16-10-9-15-26(31)32)29-28(34)35-18-24-22-13-7-5-11-20(22)21-12-6-8-14-23(21)24/h5-8,11-14,19,24-25H,4,9-10,15-18H2,1-3H3,(H,29,34)(H,31,32). The molecule has 2 atom stereocenters. The van der Waals surface area contributed by atoms with Gasteiger partial charge in [-0.05, 0) is 47.4 Å². The Labute approximate surface area is 207 Å². The summed E-state index contributed by atoms with van der Waals surface area (Å²) in [4.78, 5) is 38.2. The van der Waals surface area contributed by atoms with Crippen LogP contribution in [0.4, 0.5) is 4.79 Å². The predicted molar refractivity (Wildman–Crippen MR) is 135 cm³/mol. The molecule has 0 aromatic heterocycles. The number of fused-ring (bicyclic) bond motifs is 3. The van der Waals surface area contributed by atoms with Crippen LogP contribution in [-0.2, 0) is 14.3 Å². The van der Waals surface area contributed by atoms with Crippen molar-refractivity contribution in [2.75, 3.05) is 20.2 Å². The zero-order chi connectivity index (χ0) is 25.4. The number of ether oxygens (including phenoxy) is 1. The molecule has 0 heterocycles. The van der Waals surface area contributed by atoms with Crippen LogP contribution in [0.25, 0.3) is 11.1 Å². The Morgan fingerprint density at radius 3 is 2.20 bits per heavy atom. The van der Waals surface area contributed by atoms with Crippen LogP contribution in [0.15, 0.2) is 48.5 Å². The SMILES string of the molecule is CCC(C)CC(NC(=O)OCC1c2ccccc2-c2ccccc21)C(=O)N(C)CCCCC(=O)O. The smallest absolute Gasteiger partial charge is 0.407 e. The van der Waals surface area contributed by atoms with Crippen molar-refractivity contribution < 1.29 is 24.2 Å². The lowest BCUT2D eigenvalue weighted by molar-refractivity contribution is -0.137. The number of carboxylic acid groups (broad SMARTS) is 1. The number of alkyl carbamates (subject to hydrolysis) is 1. The van der Waals surface area contributed by atoms with E-state index in [9.17, 15) is 14.4 Å². The van der Waals surface area contributed by atoms with Crippen LogP contribution in [0.5, 0.6) is 0 Å². The second kappa shape index (κ2) is 12.4. The number of likely N-dealkylation sites (N-methyl/N-ethyl adjacent to an activating group) is 1. The molecule has 0 radical (unpaired) electrons. The van der Waals surface area contributed by atoms with Gasteiger partial charge in [0.2, 0.25) is 5.91 Å². The molecule has 1 aliphatic rings. The molecule has 0 bridgehead atoms. The summed E-state index contributed by atoms with van der Waals surface area (Å²) in [5, 5.41) is 11.6. The van der Waals surface area contributed by atoms with Crippen molar-refractivity contribution in [3.8, 4) is 11.1 Å². The summed E-state index contributed by atoms with van der Waals surface area (Å²) in [5.41, 5.74) is 4.59. The van der Waals surface area contributed by atoms with Gasteiger partial charge in [0.25, 0.3) is 0 Å². The number of nitrogens with one attached hydrogen (secondary N) is 1. The zero-order valence-electron chi connectivity index (χ0n) is 20.8. The second-order valence-corrected chi connectivity index (χ2v) is 9.38. The van der Waals surface area contributed by atoms with Gasteiger partial charge in [0.15, 0.2) is 0 Å². The molecule has 2 unspecified atom stereocenters. The summed E-state index contributed by atoms with van der Waals surface area (Å²) >= 11 is 0. The molecule has 0 aliphatic heterocycles. The van der Waals surface area contributed by atoms with Crippen molar-refractivity contribution in [3.63, 3.8) is 0 Å². The van der Waals surface area contributed by atoms with Crippen molar-refractivity contribution >= 4 is 18.0 Å². The fourth-order valence-corrected chi connectivity index (χ4v) is 4.57. The van der Waals surface area contributed by atoms with E-state index in [1.165, 1.54) is 0 Å². The number of carboxylic acids is 1.